The van der Waals surface area contributed by atoms with Crippen LogP contribution in [0.25, 0.3) is 0 Å². The normalized spacial score (nSPS) is 22.1. The van der Waals surface area contributed by atoms with E-state index in [-0.39, 0.29) is 0 Å². The van der Waals surface area contributed by atoms with E-state index in [9.17, 15) is 0 Å². The molecule has 1 unspecified atom stereocenters. The SMILES string of the molecule is Cc1cccnc1CN1CCCC1CBr. The number of aryl methyl sites for hydroxylation is 1. The van der Waals surface area contributed by atoms with E-state index in [2.05, 4.69) is 38.8 Å². The molecule has 0 N–H and O–H groups in total. The number of alkyl halides is 1. The van der Waals surface area contributed by atoms with Gasteiger partial charge in [0.05, 0.1) is 5.69 Å². The zero-order valence-corrected chi connectivity index (χ0v) is 10.7. The zero-order valence-electron chi connectivity index (χ0n) is 9.12. The molecule has 0 saturated carbocycles. The molecule has 0 spiro atoms. The van der Waals surface area contributed by atoms with Crippen molar-refractivity contribution < 1.29 is 0 Å². The second-order valence-electron chi connectivity index (χ2n) is 4.19. The van der Waals surface area contributed by atoms with Crippen LogP contribution >= 0.6 is 15.9 Å². The number of hydrogen-bond acceptors (Lipinski definition) is 2. The lowest BCUT2D eigenvalue weighted by Gasteiger charge is -2.22. The predicted molar refractivity (Wildman–Crippen MR) is 66.2 cm³/mol. The Labute approximate surface area is 99.8 Å². The largest absolute Gasteiger partial charge is 0.294 e. The van der Waals surface area contributed by atoms with Crippen molar-refractivity contribution in [3.05, 3.63) is 29.6 Å². The molecule has 1 saturated heterocycles. The van der Waals surface area contributed by atoms with E-state index in [4.69, 9.17) is 0 Å². The molecule has 0 aromatic carbocycles. The topological polar surface area (TPSA) is 16.1 Å². The van der Waals surface area contributed by atoms with Gasteiger partial charge in [-0.25, -0.2) is 0 Å². The van der Waals surface area contributed by atoms with Gasteiger partial charge in [0.15, 0.2) is 0 Å². The molecular weight excluding hydrogens is 252 g/mol. The van der Waals surface area contributed by atoms with Crippen LogP contribution < -0.4 is 0 Å². The minimum absolute atomic E-state index is 0.700. The molecule has 82 valence electrons. The van der Waals surface area contributed by atoms with Crippen molar-refractivity contribution in [2.45, 2.75) is 32.4 Å². The summed E-state index contributed by atoms with van der Waals surface area (Å²) >= 11 is 3.59. The van der Waals surface area contributed by atoms with Gasteiger partial charge in [0, 0.05) is 24.1 Å². The zero-order chi connectivity index (χ0) is 10.7. The van der Waals surface area contributed by atoms with E-state index in [1.54, 1.807) is 0 Å². The van der Waals surface area contributed by atoms with Crippen LogP contribution in [0.4, 0.5) is 0 Å². The van der Waals surface area contributed by atoms with Gasteiger partial charge in [0.1, 0.15) is 0 Å². The Morgan fingerprint density at radius 3 is 3.20 bits per heavy atom. The molecular formula is C12H17BrN2. The first kappa shape index (κ1) is 11.1. The highest BCUT2D eigenvalue weighted by molar-refractivity contribution is 9.09. The Morgan fingerprint density at radius 1 is 1.60 bits per heavy atom. The molecule has 2 rings (SSSR count). The molecule has 0 bridgehead atoms. The Hall–Kier alpha value is -0.410. The van der Waals surface area contributed by atoms with Crippen LogP contribution in [0.1, 0.15) is 24.1 Å². The van der Waals surface area contributed by atoms with E-state index < -0.39 is 0 Å². The number of rotatable bonds is 3. The maximum Gasteiger partial charge on any atom is 0.0573 e. The summed E-state index contributed by atoms with van der Waals surface area (Å²) in [4.78, 5) is 6.99. The average molecular weight is 269 g/mol. The van der Waals surface area contributed by atoms with Crippen molar-refractivity contribution in [2.24, 2.45) is 0 Å². The first-order chi connectivity index (χ1) is 7.31. The van der Waals surface area contributed by atoms with Gasteiger partial charge in [-0.1, -0.05) is 22.0 Å². The summed E-state index contributed by atoms with van der Waals surface area (Å²) in [5.74, 6) is 0. The van der Waals surface area contributed by atoms with Gasteiger partial charge in [0.2, 0.25) is 0 Å². The summed E-state index contributed by atoms with van der Waals surface area (Å²) in [6.45, 7) is 4.36. The van der Waals surface area contributed by atoms with Gasteiger partial charge in [-0.3, -0.25) is 9.88 Å². The second-order valence-corrected chi connectivity index (χ2v) is 4.84. The monoisotopic (exact) mass is 268 g/mol. The molecule has 2 nitrogen and oxygen atoms in total. The molecule has 1 aliphatic rings. The average Bonchev–Trinajstić information content (AvgIpc) is 2.69. The fourth-order valence-corrected chi connectivity index (χ4v) is 2.89. The third-order valence-corrected chi connectivity index (χ3v) is 3.90. The van der Waals surface area contributed by atoms with Crippen LogP contribution in [0.5, 0.6) is 0 Å². The van der Waals surface area contributed by atoms with E-state index in [0.29, 0.717) is 6.04 Å². The van der Waals surface area contributed by atoms with Gasteiger partial charge >= 0.3 is 0 Å². The summed E-state index contributed by atoms with van der Waals surface area (Å²) in [5.41, 5.74) is 2.53. The summed E-state index contributed by atoms with van der Waals surface area (Å²) in [6.07, 6.45) is 4.53. The highest BCUT2D eigenvalue weighted by Gasteiger charge is 2.23. The van der Waals surface area contributed by atoms with Gasteiger partial charge < -0.3 is 0 Å². The second kappa shape index (κ2) is 5.08. The predicted octanol–water partition coefficient (Wildman–Crippen LogP) is 2.75. The first-order valence-corrected chi connectivity index (χ1v) is 6.64. The molecule has 1 aromatic rings. The van der Waals surface area contributed by atoms with Gasteiger partial charge in [-0.15, -0.1) is 0 Å². The number of likely N-dealkylation sites (tertiary alicyclic amines) is 1. The highest BCUT2D eigenvalue weighted by Crippen LogP contribution is 2.21. The van der Waals surface area contributed by atoms with E-state index in [1.807, 2.05) is 12.3 Å². The maximum absolute atomic E-state index is 4.45. The molecule has 1 atom stereocenters. The maximum atomic E-state index is 4.45. The number of aromatic nitrogens is 1. The summed E-state index contributed by atoms with van der Waals surface area (Å²) in [5, 5.41) is 1.08. The lowest BCUT2D eigenvalue weighted by atomic mass is 10.2. The molecule has 1 fully saturated rings. The molecule has 3 heteroatoms. The van der Waals surface area contributed by atoms with Crippen molar-refractivity contribution in [3.8, 4) is 0 Å². The smallest absolute Gasteiger partial charge is 0.0573 e. The lowest BCUT2D eigenvalue weighted by Crippen LogP contribution is -2.30. The summed E-state index contributed by atoms with van der Waals surface area (Å²) < 4.78 is 0. The molecule has 1 aromatic heterocycles. The van der Waals surface area contributed by atoms with Gasteiger partial charge in [-0.05, 0) is 37.9 Å². The van der Waals surface area contributed by atoms with Crippen molar-refractivity contribution >= 4 is 15.9 Å². The minimum Gasteiger partial charge on any atom is -0.294 e. The number of pyridine rings is 1. The van der Waals surface area contributed by atoms with E-state index >= 15 is 0 Å². The molecule has 0 radical (unpaired) electrons. The Balaban J connectivity index is 2.05. The molecule has 15 heavy (non-hydrogen) atoms. The summed E-state index contributed by atoms with van der Waals surface area (Å²) in [7, 11) is 0. The lowest BCUT2D eigenvalue weighted by molar-refractivity contribution is 0.261. The third-order valence-electron chi connectivity index (χ3n) is 3.15. The van der Waals surface area contributed by atoms with Crippen LogP contribution in [0.3, 0.4) is 0 Å². The number of halogens is 1. The van der Waals surface area contributed by atoms with Crippen molar-refractivity contribution in [1.29, 1.82) is 0 Å². The van der Waals surface area contributed by atoms with Crippen molar-refractivity contribution in [2.75, 3.05) is 11.9 Å². The fraction of sp³-hybridized carbons (Fsp3) is 0.583. The van der Waals surface area contributed by atoms with Crippen LogP contribution in [0.2, 0.25) is 0 Å². The van der Waals surface area contributed by atoms with Crippen LogP contribution in [-0.2, 0) is 6.54 Å². The Morgan fingerprint density at radius 2 is 2.47 bits per heavy atom. The standard InChI is InChI=1S/C12H17BrN2/c1-10-4-2-6-14-12(10)9-15-7-3-5-11(15)8-13/h2,4,6,11H,3,5,7-9H2,1H3. The molecule has 1 aliphatic heterocycles. The van der Waals surface area contributed by atoms with Crippen molar-refractivity contribution in [1.82, 2.24) is 9.88 Å². The molecule has 0 amide bonds. The summed E-state index contributed by atoms with van der Waals surface area (Å²) in [6, 6.07) is 4.85. The van der Waals surface area contributed by atoms with Gasteiger partial charge in [-0.2, -0.15) is 0 Å². The number of nitrogens with zero attached hydrogens (tertiary/aromatic N) is 2. The third kappa shape index (κ3) is 2.58. The van der Waals surface area contributed by atoms with Crippen LogP contribution in [-0.4, -0.2) is 27.8 Å². The molecule has 2 heterocycles. The highest BCUT2D eigenvalue weighted by atomic mass is 79.9. The minimum atomic E-state index is 0.700. The quantitative estimate of drug-likeness (QED) is 0.784. The van der Waals surface area contributed by atoms with Crippen molar-refractivity contribution in [3.63, 3.8) is 0 Å². The van der Waals surface area contributed by atoms with Crippen LogP contribution in [0, 0.1) is 6.92 Å². The Bertz CT molecular complexity index is 327. The van der Waals surface area contributed by atoms with Gasteiger partial charge in [0.25, 0.3) is 0 Å². The molecule has 0 aliphatic carbocycles. The number of hydrogen-bond donors (Lipinski definition) is 0. The van der Waals surface area contributed by atoms with E-state index in [1.165, 1.54) is 30.6 Å². The first-order valence-electron chi connectivity index (χ1n) is 5.52. The Kier molecular flexibility index (Phi) is 3.76. The van der Waals surface area contributed by atoms with Crippen LogP contribution in [0.15, 0.2) is 18.3 Å². The fourth-order valence-electron chi connectivity index (χ4n) is 2.15. The van der Waals surface area contributed by atoms with E-state index in [0.717, 1.165) is 11.9 Å².